The van der Waals surface area contributed by atoms with Crippen molar-refractivity contribution >= 4 is 5.97 Å². The molecule has 3 aromatic rings. The fourth-order valence-corrected chi connectivity index (χ4v) is 2.13. The Morgan fingerprint density at radius 1 is 1.12 bits per heavy atom. The van der Waals surface area contributed by atoms with Gasteiger partial charge in [-0.1, -0.05) is 5.16 Å². The van der Waals surface area contributed by atoms with Gasteiger partial charge in [-0.25, -0.2) is 9.78 Å². The predicted molar refractivity (Wildman–Crippen MR) is 86.9 cm³/mol. The fourth-order valence-electron chi connectivity index (χ4n) is 2.13. The van der Waals surface area contributed by atoms with Crippen LogP contribution in [0, 0.1) is 13.8 Å². The number of methoxy groups -OCH3 is 1. The van der Waals surface area contributed by atoms with Gasteiger partial charge in [0, 0.05) is 18.5 Å². The van der Waals surface area contributed by atoms with Crippen LogP contribution in [0.25, 0.3) is 11.4 Å². The van der Waals surface area contributed by atoms with Gasteiger partial charge in [-0.15, -0.1) is 0 Å². The van der Waals surface area contributed by atoms with Crippen molar-refractivity contribution in [2.75, 3.05) is 7.11 Å². The Balaban J connectivity index is 1.76. The van der Waals surface area contributed by atoms with Gasteiger partial charge in [0.05, 0.1) is 30.1 Å². The second-order valence-electron chi connectivity index (χ2n) is 5.27. The lowest BCUT2D eigenvalue weighted by atomic mass is 10.1. The number of esters is 1. The zero-order valence-corrected chi connectivity index (χ0v) is 14.0. The number of aromatic nitrogens is 4. The standard InChI is InChI=1S/C17H16N4O4/c1-10-6-19-14(8-18-10)16-13(11(2)25-21-16)9-24-15-5-4-12(7-20-15)17(22)23-3/h4-8H,9H2,1-3H3. The molecular weight excluding hydrogens is 324 g/mol. The van der Waals surface area contributed by atoms with Crippen LogP contribution in [0.4, 0.5) is 0 Å². The average molecular weight is 340 g/mol. The highest BCUT2D eigenvalue weighted by molar-refractivity contribution is 5.88. The van der Waals surface area contributed by atoms with Gasteiger partial charge < -0.3 is 14.0 Å². The number of ether oxygens (including phenoxy) is 2. The van der Waals surface area contributed by atoms with E-state index in [9.17, 15) is 4.79 Å². The third-order valence-electron chi connectivity index (χ3n) is 3.53. The molecule has 25 heavy (non-hydrogen) atoms. The molecular formula is C17H16N4O4. The summed E-state index contributed by atoms with van der Waals surface area (Å²) < 4.78 is 15.6. The molecule has 128 valence electrons. The van der Waals surface area contributed by atoms with E-state index in [0.717, 1.165) is 11.3 Å². The molecule has 0 aromatic carbocycles. The topological polar surface area (TPSA) is 100 Å². The first kappa shape index (κ1) is 16.6. The summed E-state index contributed by atoms with van der Waals surface area (Å²) in [6, 6.07) is 3.18. The number of aryl methyl sites for hydroxylation is 2. The third-order valence-corrected chi connectivity index (χ3v) is 3.53. The van der Waals surface area contributed by atoms with Gasteiger partial charge in [0.25, 0.3) is 0 Å². The summed E-state index contributed by atoms with van der Waals surface area (Å²) in [5, 5.41) is 4.04. The largest absolute Gasteiger partial charge is 0.473 e. The van der Waals surface area contributed by atoms with E-state index in [4.69, 9.17) is 9.26 Å². The van der Waals surface area contributed by atoms with E-state index in [-0.39, 0.29) is 6.61 Å². The average Bonchev–Trinajstić information content (AvgIpc) is 3.01. The highest BCUT2D eigenvalue weighted by atomic mass is 16.5. The third kappa shape index (κ3) is 3.63. The number of hydrogen-bond acceptors (Lipinski definition) is 8. The quantitative estimate of drug-likeness (QED) is 0.653. The van der Waals surface area contributed by atoms with Gasteiger partial charge in [-0.3, -0.25) is 9.97 Å². The molecule has 8 heteroatoms. The molecule has 0 aliphatic carbocycles. The van der Waals surface area contributed by atoms with Crippen molar-refractivity contribution in [3.05, 3.63) is 53.3 Å². The number of pyridine rings is 1. The van der Waals surface area contributed by atoms with Crippen LogP contribution in [-0.4, -0.2) is 33.2 Å². The molecule has 0 N–H and O–H groups in total. The second-order valence-corrected chi connectivity index (χ2v) is 5.27. The van der Waals surface area contributed by atoms with Gasteiger partial charge in [0.2, 0.25) is 5.88 Å². The number of carbonyl (C=O) groups is 1. The smallest absolute Gasteiger partial charge is 0.339 e. The van der Waals surface area contributed by atoms with E-state index in [0.29, 0.717) is 28.6 Å². The molecule has 3 aromatic heterocycles. The molecule has 0 aliphatic rings. The Morgan fingerprint density at radius 3 is 2.60 bits per heavy atom. The maximum atomic E-state index is 11.4. The Kier molecular flexibility index (Phi) is 4.69. The molecule has 0 spiro atoms. The Labute approximate surface area is 143 Å². The Hall–Kier alpha value is -3.29. The van der Waals surface area contributed by atoms with Crippen molar-refractivity contribution in [1.82, 2.24) is 20.1 Å². The fraction of sp³-hybridized carbons (Fsp3) is 0.235. The summed E-state index contributed by atoms with van der Waals surface area (Å²) in [5.41, 5.74) is 3.12. The summed E-state index contributed by atoms with van der Waals surface area (Å²) in [6.45, 7) is 3.86. The zero-order chi connectivity index (χ0) is 17.8. The molecule has 8 nitrogen and oxygen atoms in total. The van der Waals surface area contributed by atoms with Crippen LogP contribution >= 0.6 is 0 Å². The molecule has 0 unspecified atom stereocenters. The first-order valence-corrected chi connectivity index (χ1v) is 7.50. The molecule has 0 fully saturated rings. The van der Waals surface area contributed by atoms with E-state index in [1.807, 2.05) is 6.92 Å². The van der Waals surface area contributed by atoms with Crippen molar-refractivity contribution in [2.45, 2.75) is 20.5 Å². The van der Waals surface area contributed by atoms with Crippen LogP contribution in [0.3, 0.4) is 0 Å². The summed E-state index contributed by atoms with van der Waals surface area (Å²) in [6.07, 6.45) is 4.70. The molecule has 0 radical (unpaired) electrons. The van der Waals surface area contributed by atoms with Crippen molar-refractivity contribution in [3.63, 3.8) is 0 Å². The SMILES string of the molecule is COC(=O)c1ccc(OCc2c(-c3cnc(C)cn3)noc2C)nc1. The highest BCUT2D eigenvalue weighted by Crippen LogP contribution is 2.24. The van der Waals surface area contributed by atoms with Gasteiger partial charge in [-0.2, -0.15) is 0 Å². The summed E-state index contributed by atoms with van der Waals surface area (Å²) in [4.78, 5) is 24.0. The van der Waals surface area contributed by atoms with E-state index in [1.165, 1.54) is 13.3 Å². The van der Waals surface area contributed by atoms with Crippen LogP contribution in [0.2, 0.25) is 0 Å². The maximum absolute atomic E-state index is 11.4. The van der Waals surface area contributed by atoms with Gasteiger partial charge in [0.1, 0.15) is 23.8 Å². The second kappa shape index (κ2) is 7.08. The summed E-state index contributed by atoms with van der Waals surface area (Å²) >= 11 is 0. The van der Waals surface area contributed by atoms with Crippen molar-refractivity contribution in [3.8, 4) is 17.3 Å². The first-order chi connectivity index (χ1) is 12.1. The van der Waals surface area contributed by atoms with E-state index >= 15 is 0 Å². The molecule has 0 saturated carbocycles. The molecule has 3 rings (SSSR count). The minimum Gasteiger partial charge on any atom is -0.473 e. The van der Waals surface area contributed by atoms with Gasteiger partial charge in [0.15, 0.2) is 0 Å². The minimum absolute atomic E-state index is 0.199. The summed E-state index contributed by atoms with van der Waals surface area (Å²) in [7, 11) is 1.32. The lowest BCUT2D eigenvalue weighted by Crippen LogP contribution is -2.03. The Bertz CT molecular complexity index is 873. The van der Waals surface area contributed by atoms with E-state index in [2.05, 4.69) is 24.8 Å². The zero-order valence-electron chi connectivity index (χ0n) is 14.0. The van der Waals surface area contributed by atoms with Crippen LogP contribution in [-0.2, 0) is 11.3 Å². The Morgan fingerprint density at radius 2 is 1.96 bits per heavy atom. The number of rotatable bonds is 5. The highest BCUT2D eigenvalue weighted by Gasteiger charge is 2.17. The van der Waals surface area contributed by atoms with Crippen molar-refractivity contribution in [2.24, 2.45) is 0 Å². The summed E-state index contributed by atoms with van der Waals surface area (Å²) in [5.74, 6) is 0.548. The molecule has 0 atom stereocenters. The monoisotopic (exact) mass is 340 g/mol. The lowest BCUT2D eigenvalue weighted by molar-refractivity contribution is 0.0600. The molecule has 0 aliphatic heterocycles. The minimum atomic E-state index is -0.450. The van der Waals surface area contributed by atoms with Crippen LogP contribution in [0.1, 0.15) is 27.4 Å². The van der Waals surface area contributed by atoms with E-state index < -0.39 is 5.97 Å². The normalized spacial score (nSPS) is 10.5. The van der Waals surface area contributed by atoms with Crippen molar-refractivity contribution in [1.29, 1.82) is 0 Å². The predicted octanol–water partition coefficient (Wildman–Crippen LogP) is 2.51. The first-order valence-electron chi connectivity index (χ1n) is 7.50. The number of nitrogens with zero attached hydrogens (tertiary/aromatic N) is 4. The molecule has 0 bridgehead atoms. The van der Waals surface area contributed by atoms with Crippen LogP contribution in [0.15, 0.2) is 35.2 Å². The van der Waals surface area contributed by atoms with Crippen LogP contribution in [0.5, 0.6) is 5.88 Å². The molecule has 3 heterocycles. The molecule has 0 saturated heterocycles. The van der Waals surface area contributed by atoms with Gasteiger partial charge in [-0.05, 0) is 19.9 Å². The lowest BCUT2D eigenvalue weighted by Gasteiger charge is -2.06. The van der Waals surface area contributed by atoms with Gasteiger partial charge >= 0.3 is 5.97 Å². The number of carbonyl (C=O) groups excluding carboxylic acids is 1. The molecule has 0 amide bonds. The van der Waals surface area contributed by atoms with Crippen LogP contribution < -0.4 is 4.74 Å². The van der Waals surface area contributed by atoms with Crippen molar-refractivity contribution < 1.29 is 18.8 Å². The maximum Gasteiger partial charge on any atom is 0.339 e. The van der Waals surface area contributed by atoms with E-state index in [1.54, 1.807) is 31.5 Å². The number of hydrogen-bond donors (Lipinski definition) is 0.